The van der Waals surface area contributed by atoms with E-state index in [-0.39, 0.29) is 5.91 Å². The van der Waals surface area contributed by atoms with Gasteiger partial charge in [0.1, 0.15) is 0 Å². The topological polar surface area (TPSA) is 60.0 Å². The lowest BCUT2D eigenvalue weighted by Gasteiger charge is -2.23. The van der Waals surface area contributed by atoms with Gasteiger partial charge < -0.3 is 20.4 Å². The highest BCUT2D eigenvalue weighted by atomic mass is 16.2. The molecule has 1 amide bonds. The molecule has 1 fully saturated rings. The molecule has 0 aliphatic carbocycles. The summed E-state index contributed by atoms with van der Waals surface area (Å²) in [6.07, 6.45) is 2.69. The third-order valence-electron chi connectivity index (χ3n) is 5.70. The Morgan fingerprint density at radius 2 is 1.88 bits per heavy atom. The lowest BCUT2D eigenvalue weighted by molar-refractivity contribution is -0.128. The van der Waals surface area contributed by atoms with Crippen molar-refractivity contribution < 1.29 is 4.79 Å². The van der Waals surface area contributed by atoms with Crippen LogP contribution in [-0.2, 0) is 17.9 Å². The second-order valence-electron chi connectivity index (χ2n) is 8.13. The molecular formula is C26H37N5O. The monoisotopic (exact) mass is 435 g/mol. The first kappa shape index (κ1) is 23.6. The van der Waals surface area contributed by atoms with Crippen LogP contribution in [0.4, 0.5) is 5.69 Å². The van der Waals surface area contributed by atoms with Gasteiger partial charge in [0.2, 0.25) is 5.91 Å². The fraction of sp³-hybridized carbons (Fsp3) is 0.462. The third kappa shape index (κ3) is 7.29. The Labute approximate surface area is 192 Å². The summed E-state index contributed by atoms with van der Waals surface area (Å²) in [5.41, 5.74) is 3.60. The molecule has 6 nitrogen and oxygen atoms in total. The quantitative estimate of drug-likeness (QED) is 0.320. The number of anilines is 1. The summed E-state index contributed by atoms with van der Waals surface area (Å²) in [6.45, 7) is 10.2. The number of guanidine groups is 1. The Hall–Kier alpha value is -3.02. The third-order valence-corrected chi connectivity index (χ3v) is 5.70. The van der Waals surface area contributed by atoms with Crippen molar-refractivity contribution >= 4 is 17.6 Å². The summed E-state index contributed by atoms with van der Waals surface area (Å²) in [5.74, 6) is 1.11. The molecule has 6 heteroatoms. The lowest BCUT2D eigenvalue weighted by Crippen LogP contribution is -2.38. The van der Waals surface area contributed by atoms with Crippen LogP contribution in [0.5, 0.6) is 0 Å². The average Bonchev–Trinajstić information content (AvgIpc) is 3.22. The largest absolute Gasteiger partial charge is 0.372 e. The first-order valence-corrected chi connectivity index (χ1v) is 11.9. The number of likely N-dealkylation sites (tertiary alicyclic amines) is 1. The molecule has 0 bridgehead atoms. The van der Waals surface area contributed by atoms with Crippen LogP contribution in [0.3, 0.4) is 0 Å². The Bertz CT molecular complexity index is 868. The van der Waals surface area contributed by atoms with Crippen LogP contribution in [0.2, 0.25) is 0 Å². The number of nitrogens with zero attached hydrogens (tertiary/aromatic N) is 3. The molecule has 0 atom stereocenters. The smallest absolute Gasteiger partial charge is 0.222 e. The number of nitrogens with one attached hydrogen (secondary N) is 2. The number of amides is 1. The number of carbonyl (C=O) groups excluding carboxylic acids is 1. The summed E-state index contributed by atoms with van der Waals surface area (Å²) in [4.78, 5) is 21.0. The molecule has 0 unspecified atom stereocenters. The highest BCUT2D eigenvalue weighted by Gasteiger charge is 2.19. The van der Waals surface area contributed by atoms with E-state index in [9.17, 15) is 4.79 Å². The Kier molecular flexibility index (Phi) is 9.41. The van der Waals surface area contributed by atoms with E-state index in [0.29, 0.717) is 19.5 Å². The molecule has 0 saturated carbocycles. The molecule has 1 saturated heterocycles. The van der Waals surface area contributed by atoms with Crippen molar-refractivity contribution in [2.75, 3.05) is 37.6 Å². The standard InChI is InChI=1S/C26H37N5O/c1-3-27-26(28-16-10-18-30(4-2)24-13-6-5-7-14-24)29-20-22-11-8-12-23(19-22)21-31-17-9-15-25(31)32/h5-8,11-14,19H,3-4,9-10,15-18,20-21H2,1-2H3,(H2,27,28,29). The van der Waals surface area contributed by atoms with Crippen molar-refractivity contribution in [2.45, 2.75) is 46.2 Å². The van der Waals surface area contributed by atoms with Crippen molar-refractivity contribution in [1.82, 2.24) is 15.5 Å². The number of aliphatic imine (C=N–C) groups is 1. The minimum Gasteiger partial charge on any atom is -0.372 e. The zero-order valence-electron chi connectivity index (χ0n) is 19.5. The normalized spacial score (nSPS) is 14.0. The molecule has 3 rings (SSSR count). The Balaban J connectivity index is 1.49. The first-order chi connectivity index (χ1) is 15.7. The van der Waals surface area contributed by atoms with Gasteiger partial charge in [0.05, 0.1) is 6.54 Å². The van der Waals surface area contributed by atoms with E-state index >= 15 is 0 Å². The second-order valence-corrected chi connectivity index (χ2v) is 8.13. The molecule has 0 aromatic heterocycles. The molecule has 0 radical (unpaired) electrons. The van der Waals surface area contributed by atoms with Gasteiger partial charge in [-0.05, 0) is 49.9 Å². The predicted molar refractivity (Wildman–Crippen MR) is 133 cm³/mol. The molecule has 32 heavy (non-hydrogen) atoms. The number of hydrogen-bond donors (Lipinski definition) is 2. The molecule has 1 aliphatic heterocycles. The molecule has 2 N–H and O–H groups in total. The lowest BCUT2D eigenvalue weighted by atomic mass is 10.1. The van der Waals surface area contributed by atoms with Crippen molar-refractivity contribution in [1.29, 1.82) is 0 Å². The SMILES string of the molecule is CCNC(=NCc1cccc(CN2CCCC2=O)c1)NCCCN(CC)c1ccccc1. The number of rotatable bonds is 11. The Morgan fingerprint density at radius 1 is 1.06 bits per heavy atom. The van der Waals surface area contributed by atoms with E-state index in [4.69, 9.17) is 4.99 Å². The minimum absolute atomic E-state index is 0.265. The van der Waals surface area contributed by atoms with Crippen LogP contribution in [0.25, 0.3) is 0 Å². The minimum atomic E-state index is 0.265. The van der Waals surface area contributed by atoms with Crippen molar-refractivity contribution in [3.05, 3.63) is 65.7 Å². The van der Waals surface area contributed by atoms with Crippen LogP contribution >= 0.6 is 0 Å². The molecule has 1 heterocycles. The first-order valence-electron chi connectivity index (χ1n) is 11.9. The van der Waals surface area contributed by atoms with Crippen LogP contribution in [0, 0.1) is 0 Å². The van der Waals surface area contributed by atoms with Crippen LogP contribution in [0.15, 0.2) is 59.6 Å². The molecule has 0 spiro atoms. The fourth-order valence-corrected chi connectivity index (χ4v) is 4.02. The number of benzene rings is 2. The number of para-hydroxylation sites is 1. The van der Waals surface area contributed by atoms with Gasteiger partial charge in [0, 0.05) is 51.4 Å². The maximum Gasteiger partial charge on any atom is 0.222 e. The molecule has 1 aliphatic rings. The van der Waals surface area contributed by atoms with Crippen molar-refractivity contribution in [3.63, 3.8) is 0 Å². The predicted octanol–water partition coefficient (Wildman–Crippen LogP) is 3.78. The van der Waals surface area contributed by atoms with E-state index in [1.807, 2.05) is 4.90 Å². The van der Waals surface area contributed by atoms with Gasteiger partial charge in [0.25, 0.3) is 0 Å². The zero-order chi connectivity index (χ0) is 22.6. The van der Waals surface area contributed by atoms with Crippen LogP contribution < -0.4 is 15.5 Å². The van der Waals surface area contributed by atoms with E-state index in [2.05, 4.69) is 84.0 Å². The van der Waals surface area contributed by atoms with Gasteiger partial charge in [-0.2, -0.15) is 0 Å². The average molecular weight is 436 g/mol. The highest BCUT2D eigenvalue weighted by Crippen LogP contribution is 2.16. The highest BCUT2D eigenvalue weighted by molar-refractivity contribution is 5.79. The summed E-state index contributed by atoms with van der Waals surface area (Å²) in [7, 11) is 0. The van der Waals surface area contributed by atoms with E-state index in [1.165, 1.54) is 11.3 Å². The van der Waals surface area contributed by atoms with E-state index < -0.39 is 0 Å². The number of hydrogen-bond acceptors (Lipinski definition) is 3. The van der Waals surface area contributed by atoms with Crippen LogP contribution in [0.1, 0.15) is 44.2 Å². The summed E-state index contributed by atoms with van der Waals surface area (Å²) in [6, 6.07) is 19.0. The molecule has 2 aromatic rings. The van der Waals surface area contributed by atoms with Crippen LogP contribution in [-0.4, -0.2) is 49.5 Å². The van der Waals surface area contributed by atoms with E-state index in [1.54, 1.807) is 0 Å². The number of carbonyl (C=O) groups is 1. The van der Waals surface area contributed by atoms with Gasteiger partial charge in [-0.15, -0.1) is 0 Å². The maximum atomic E-state index is 11.9. The van der Waals surface area contributed by atoms with E-state index in [0.717, 1.165) is 57.1 Å². The molecule has 2 aromatic carbocycles. The Morgan fingerprint density at radius 3 is 2.59 bits per heavy atom. The van der Waals surface area contributed by atoms with Crippen molar-refractivity contribution in [3.8, 4) is 0 Å². The molecular weight excluding hydrogens is 398 g/mol. The van der Waals surface area contributed by atoms with Gasteiger partial charge in [-0.25, -0.2) is 4.99 Å². The van der Waals surface area contributed by atoms with Gasteiger partial charge in [-0.1, -0.05) is 42.5 Å². The summed E-state index contributed by atoms with van der Waals surface area (Å²) in [5, 5.41) is 6.80. The zero-order valence-corrected chi connectivity index (χ0v) is 19.5. The summed E-state index contributed by atoms with van der Waals surface area (Å²) < 4.78 is 0. The maximum absolute atomic E-state index is 11.9. The van der Waals surface area contributed by atoms with Gasteiger partial charge in [-0.3, -0.25) is 4.79 Å². The van der Waals surface area contributed by atoms with Gasteiger partial charge in [0.15, 0.2) is 5.96 Å². The molecule has 172 valence electrons. The van der Waals surface area contributed by atoms with Crippen molar-refractivity contribution in [2.24, 2.45) is 4.99 Å². The van der Waals surface area contributed by atoms with Gasteiger partial charge >= 0.3 is 0 Å². The second kappa shape index (κ2) is 12.7. The fourth-order valence-electron chi connectivity index (χ4n) is 4.02. The summed E-state index contributed by atoms with van der Waals surface area (Å²) >= 11 is 0.